The molecule has 0 aliphatic heterocycles. The third-order valence-electron chi connectivity index (χ3n) is 4.42. The average Bonchev–Trinajstić information content (AvgIpc) is 3.24. The fourth-order valence-corrected chi connectivity index (χ4v) is 3.38. The zero-order valence-electron chi connectivity index (χ0n) is 17.6. The summed E-state index contributed by atoms with van der Waals surface area (Å²) in [4.78, 5) is 26.0. The number of aliphatic imine (C=N–C) groups is 1. The van der Waals surface area contributed by atoms with Gasteiger partial charge in [0.1, 0.15) is 12.3 Å². The molecular weight excluding hydrogens is 512 g/mol. The lowest BCUT2D eigenvalue weighted by molar-refractivity contribution is -0.145. The molecular formula is C20H13Cl2F3N8O2. The van der Waals surface area contributed by atoms with Gasteiger partial charge in [0, 0.05) is 16.9 Å². The molecule has 2 N–H and O–H groups in total. The Labute approximate surface area is 203 Å². The first-order valence-corrected chi connectivity index (χ1v) is 10.4. The molecule has 4 rings (SSSR count). The summed E-state index contributed by atoms with van der Waals surface area (Å²) in [5.41, 5.74) is 6.04. The monoisotopic (exact) mass is 524 g/mol. The first-order valence-electron chi connectivity index (χ1n) is 9.63. The standard InChI is InChI=1S/C20H13Cl2F3N8O2/c1-9-5-10(21)6-12-15(9)29-17(35-18(12)34)14(28-16-13(22)3-2-4-27-16)7-11(26)8-33-31-19(30-32-33)20(23,24)25/h2-7H,8,26H2,1H3/b11-7-,28-14-. The number of rotatable bonds is 5. The predicted octanol–water partition coefficient (Wildman–Crippen LogP) is 3.87. The minimum Gasteiger partial charge on any atom is -0.401 e. The van der Waals surface area contributed by atoms with E-state index in [2.05, 4.69) is 30.4 Å². The molecule has 15 heteroatoms. The Morgan fingerprint density at radius 3 is 2.77 bits per heavy atom. The predicted molar refractivity (Wildman–Crippen MR) is 121 cm³/mol. The van der Waals surface area contributed by atoms with Gasteiger partial charge in [0.15, 0.2) is 5.82 Å². The molecule has 10 nitrogen and oxygen atoms in total. The molecule has 35 heavy (non-hydrogen) atoms. The molecule has 0 aliphatic rings. The van der Waals surface area contributed by atoms with Crippen molar-refractivity contribution in [2.24, 2.45) is 10.7 Å². The summed E-state index contributed by atoms with van der Waals surface area (Å²) < 4.78 is 43.6. The number of fused-ring (bicyclic) bond motifs is 1. The van der Waals surface area contributed by atoms with Crippen LogP contribution >= 0.6 is 23.2 Å². The van der Waals surface area contributed by atoms with E-state index >= 15 is 0 Å². The van der Waals surface area contributed by atoms with Crippen LogP contribution in [0.25, 0.3) is 10.9 Å². The van der Waals surface area contributed by atoms with E-state index in [0.717, 1.165) is 0 Å². The van der Waals surface area contributed by atoms with Gasteiger partial charge in [-0.25, -0.2) is 19.8 Å². The highest BCUT2D eigenvalue weighted by Crippen LogP contribution is 2.25. The Bertz CT molecular complexity index is 1550. The molecule has 4 aromatic rings. The van der Waals surface area contributed by atoms with Gasteiger partial charge < -0.3 is 10.2 Å². The highest BCUT2D eigenvalue weighted by molar-refractivity contribution is 6.33. The fourth-order valence-electron chi connectivity index (χ4n) is 2.94. The second-order valence-corrected chi connectivity index (χ2v) is 7.94. The third kappa shape index (κ3) is 5.46. The van der Waals surface area contributed by atoms with Crippen molar-refractivity contribution in [3.05, 3.63) is 80.0 Å². The molecule has 0 fully saturated rings. The molecule has 0 amide bonds. The maximum absolute atomic E-state index is 12.8. The van der Waals surface area contributed by atoms with E-state index in [0.29, 0.717) is 20.9 Å². The van der Waals surface area contributed by atoms with Crippen LogP contribution in [0.5, 0.6) is 0 Å². The molecule has 0 bridgehead atoms. The van der Waals surface area contributed by atoms with Crippen LogP contribution in [0.4, 0.5) is 19.0 Å². The number of nitrogens with two attached hydrogens (primary N) is 1. The Morgan fingerprint density at radius 2 is 2.09 bits per heavy atom. The Balaban J connectivity index is 1.82. The van der Waals surface area contributed by atoms with Gasteiger partial charge in [-0.15, -0.1) is 10.2 Å². The second-order valence-electron chi connectivity index (χ2n) is 7.09. The third-order valence-corrected chi connectivity index (χ3v) is 4.94. The van der Waals surface area contributed by atoms with Gasteiger partial charge in [-0.1, -0.05) is 23.2 Å². The molecule has 1 aromatic carbocycles. The first kappa shape index (κ1) is 24.3. The van der Waals surface area contributed by atoms with Crippen molar-refractivity contribution in [3.8, 4) is 0 Å². The maximum atomic E-state index is 12.8. The smallest absolute Gasteiger partial charge is 0.401 e. The number of hydrogen-bond donors (Lipinski definition) is 1. The van der Waals surface area contributed by atoms with Crippen molar-refractivity contribution in [2.75, 3.05) is 0 Å². The summed E-state index contributed by atoms with van der Waals surface area (Å²) >= 11 is 12.2. The van der Waals surface area contributed by atoms with Gasteiger partial charge >= 0.3 is 11.8 Å². The highest BCUT2D eigenvalue weighted by atomic mass is 35.5. The van der Waals surface area contributed by atoms with Gasteiger partial charge in [0.25, 0.3) is 5.82 Å². The molecule has 180 valence electrons. The minimum absolute atomic E-state index is 0.0562. The van der Waals surface area contributed by atoms with E-state index in [-0.39, 0.29) is 40.1 Å². The van der Waals surface area contributed by atoms with Crippen molar-refractivity contribution >= 4 is 45.6 Å². The van der Waals surface area contributed by atoms with Gasteiger partial charge in [-0.2, -0.15) is 18.0 Å². The van der Waals surface area contributed by atoms with E-state index in [1.165, 1.54) is 24.4 Å². The van der Waals surface area contributed by atoms with Crippen LogP contribution in [-0.2, 0) is 12.7 Å². The van der Waals surface area contributed by atoms with Crippen molar-refractivity contribution in [1.29, 1.82) is 0 Å². The lowest BCUT2D eigenvalue weighted by Gasteiger charge is -2.07. The number of hydrogen-bond acceptors (Lipinski definition) is 9. The number of halogens is 5. The summed E-state index contributed by atoms with van der Waals surface area (Å²) in [6, 6.07) is 6.15. The Kier molecular flexibility index (Phi) is 6.54. The molecule has 0 spiro atoms. The van der Waals surface area contributed by atoms with Crippen molar-refractivity contribution in [1.82, 2.24) is 30.2 Å². The van der Waals surface area contributed by atoms with E-state index < -0.39 is 17.6 Å². The molecule has 0 saturated carbocycles. The number of benzene rings is 1. The van der Waals surface area contributed by atoms with Gasteiger partial charge in [0.05, 0.1) is 15.9 Å². The molecule has 0 unspecified atom stereocenters. The van der Waals surface area contributed by atoms with Gasteiger partial charge in [-0.3, -0.25) is 0 Å². The molecule has 0 atom stereocenters. The van der Waals surface area contributed by atoms with Crippen molar-refractivity contribution < 1.29 is 17.6 Å². The van der Waals surface area contributed by atoms with Gasteiger partial charge in [0.2, 0.25) is 5.89 Å². The van der Waals surface area contributed by atoms with Crippen molar-refractivity contribution in [3.63, 3.8) is 0 Å². The van der Waals surface area contributed by atoms with Crippen LogP contribution in [0.15, 0.2) is 56.4 Å². The number of aromatic nitrogens is 6. The van der Waals surface area contributed by atoms with E-state index in [9.17, 15) is 18.0 Å². The SMILES string of the molecule is Cc1cc(Cl)cc2c(=O)oc(C(/C=C(\N)Cn3nnc(C(F)(F)F)n3)=N\c3ncccc3Cl)nc12. The number of allylic oxidation sites excluding steroid dienone is 2. The lowest BCUT2D eigenvalue weighted by Crippen LogP contribution is -2.16. The highest BCUT2D eigenvalue weighted by Gasteiger charge is 2.36. The minimum atomic E-state index is -4.77. The van der Waals surface area contributed by atoms with E-state index in [1.54, 1.807) is 19.1 Å². The number of aryl methyl sites for hydroxylation is 1. The quantitative estimate of drug-likeness (QED) is 0.388. The lowest BCUT2D eigenvalue weighted by atomic mass is 10.1. The topological polar surface area (TPSA) is 138 Å². The van der Waals surface area contributed by atoms with E-state index in [1.807, 2.05) is 0 Å². The van der Waals surface area contributed by atoms with Crippen LogP contribution in [0.3, 0.4) is 0 Å². The van der Waals surface area contributed by atoms with Gasteiger partial charge in [-0.05, 0) is 48.0 Å². The molecule has 0 aliphatic carbocycles. The Morgan fingerprint density at radius 1 is 1.31 bits per heavy atom. The zero-order valence-corrected chi connectivity index (χ0v) is 19.1. The fraction of sp³-hybridized carbons (Fsp3) is 0.150. The summed E-state index contributed by atoms with van der Waals surface area (Å²) in [6.45, 7) is 1.32. The van der Waals surface area contributed by atoms with Crippen LogP contribution in [0, 0.1) is 6.92 Å². The maximum Gasteiger partial charge on any atom is 0.455 e. The van der Waals surface area contributed by atoms with Crippen LogP contribution in [0.1, 0.15) is 17.3 Å². The number of nitrogens with zero attached hydrogens (tertiary/aromatic N) is 7. The average molecular weight is 525 g/mol. The van der Waals surface area contributed by atoms with E-state index in [4.69, 9.17) is 33.4 Å². The summed E-state index contributed by atoms with van der Waals surface area (Å²) in [7, 11) is 0. The largest absolute Gasteiger partial charge is 0.455 e. The summed E-state index contributed by atoms with van der Waals surface area (Å²) in [5, 5.41) is 10.2. The molecule has 3 heterocycles. The Hall–Kier alpha value is -3.84. The number of alkyl halides is 3. The summed E-state index contributed by atoms with van der Waals surface area (Å²) in [5.74, 6) is -1.60. The summed E-state index contributed by atoms with van der Waals surface area (Å²) in [6.07, 6.45) is -2.11. The molecule has 0 saturated heterocycles. The van der Waals surface area contributed by atoms with Crippen LogP contribution in [0.2, 0.25) is 10.0 Å². The number of pyridine rings is 1. The van der Waals surface area contributed by atoms with Crippen LogP contribution < -0.4 is 11.4 Å². The second kappa shape index (κ2) is 9.43. The van der Waals surface area contributed by atoms with Crippen LogP contribution in [-0.4, -0.2) is 35.9 Å². The molecule has 0 radical (unpaired) electrons. The molecule has 3 aromatic heterocycles. The number of tetrazole rings is 1. The van der Waals surface area contributed by atoms with Crippen molar-refractivity contribution in [2.45, 2.75) is 19.6 Å². The normalized spacial score (nSPS) is 13.0. The first-order chi connectivity index (χ1) is 16.5. The zero-order chi connectivity index (χ0) is 25.3.